The zero-order valence-electron chi connectivity index (χ0n) is 17.4. The van der Waals surface area contributed by atoms with Gasteiger partial charge in [-0.05, 0) is 57.5 Å². The molecule has 0 saturated heterocycles. The first-order valence-corrected chi connectivity index (χ1v) is 11.4. The number of hydrogen-bond donors (Lipinski definition) is 0. The maximum absolute atomic E-state index is 6.78. The highest BCUT2D eigenvalue weighted by Crippen LogP contribution is 2.42. The second-order valence-corrected chi connectivity index (χ2v) is 10.3. The molecule has 148 valence electrons. The number of thiophene rings is 1. The standard InChI is InChI=1S/C28H23ClS/c1-28(2,3)22-16-24(29)27-23-15-21(13-14-25(23)30-26(27)17-22)20-11-9-19(10-12-20)18-7-5-4-6-8-18/h4-17H,1-3H3. The molecule has 0 spiro atoms. The SMILES string of the molecule is CC(C)(C)c1cc(Cl)c2c(c1)sc1ccc(-c3ccc(-c4ccccc4)cc3)cc12. The van der Waals surface area contributed by atoms with Gasteiger partial charge in [0.25, 0.3) is 0 Å². The van der Waals surface area contributed by atoms with E-state index in [1.807, 2.05) is 17.4 Å². The Hall–Kier alpha value is -2.61. The molecule has 0 nitrogen and oxygen atoms in total. The Balaban J connectivity index is 1.60. The van der Waals surface area contributed by atoms with Crippen LogP contribution in [0.1, 0.15) is 26.3 Å². The summed E-state index contributed by atoms with van der Waals surface area (Å²) in [6.07, 6.45) is 0. The van der Waals surface area contributed by atoms with Gasteiger partial charge in [-0.25, -0.2) is 0 Å². The van der Waals surface area contributed by atoms with Gasteiger partial charge >= 0.3 is 0 Å². The van der Waals surface area contributed by atoms with E-state index in [2.05, 4.69) is 99.6 Å². The minimum absolute atomic E-state index is 0.0830. The Morgan fingerprint density at radius 1 is 0.633 bits per heavy atom. The fourth-order valence-corrected chi connectivity index (χ4v) is 5.48. The van der Waals surface area contributed by atoms with E-state index in [0.717, 1.165) is 5.02 Å². The molecular weight excluding hydrogens is 404 g/mol. The molecular formula is C28H23ClS. The number of rotatable bonds is 2. The van der Waals surface area contributed by atoms with Crippen LogP contribution in [0.3, 0.4) is 0 Å². The second-order valence-electron chi connectivity index (χ2n) is 8.84. The van der Waals surface area contributed by atoms with Gasteiger partial charge < -0.3 is 0 Å². The highest BCUT2D eigenvalue weighted by atomic mass is 35.5. The van der Waals surface area contributed by atoms with Crippen LogP contribution in [-0.4, -0.2) is 0 Å². The number of benzene rings is 4. The van der Waals surface area contributed by atoms with Crippen LogP contribution in [0.25, 0.3) is 42.4 Å². The van der Waals surface area contributed by atoms with Gasteiger partial charge in [-0.2, -0.15) is 0 Å². The fourth-order valence-electron chi connectivity index (χ4n) is 3.95. The lowest BCUT2D eigenvalue weighted by Gasteiger charge is -2.19. The van der Waals surface area contributed by atoms with Gasteiger partial charge in [0, 0.05) is 20.2 Å². The van der Waals surface area contributed by atoms with E-state index in [1.54, 1.807) is 0 Å². The van der Waals surface area contributed by atoms with Crippen molar-refractivity contribution < 1.29 is 0 Å². The first-order chi connectivity index (χ1) is 14.4. The monoisotopic (exact) mass is 426 g/mol. The van der Waals surface area contributed by atoms with Crippen molar-refractivity contribution in [2.24, 2.45) is 0 Å². The molecule has 0 radical (unpaired) electrons. The first kappa shape index (κ1) is 19.4. The summed E-state index contributed by atoms with van der Waals surface area (Å²) in [4.78, 5) is 0. The number of halogens is 1. The van der Waals surface area contributed by atoms with Crippen LogP contribution < -0.4 is 0 Å². The minimum Gasteiger partial charge on any atom is -0.135 e. The molecule has 4 aromatic carbocycles. The second kappa shape index (κ2) is 7.27. The Kier molecular flexibility index (Phi) is 4.69. The smallest absolute Gasteiger partial charge is 0.0502 e. The highest BCUT2D eigenvalue weighted by Gasteiger charge is 2.18. The predicted octanol–water partition coefficient (Wildman–Crippen LogP) is 9.34. The maximum Gasteiger partial charge on any atom is 0.0502 e. The van der Waals surface area contributed by atoms with Crippen molar-refractivity contribution in [3.8, 4) is 22.3 Å². The van der Waals surface area contributed by atoms with Crippen LogP contribution in [0, 0.1) is 0 Å². The Bertz CT molecular complexity index is 1350. The molecule has 2 heteroatoms. The Morgan fingerprint density at radius 2 is 1.23 bits per heavy atom. The molecule has 1 aromatic heterocycles. The molecule has 30 heavy (non-hydrogen) atoms. The number of hydrogen-bond acceptors (Lipinski definition) is 1. The maximum atomic E-state index is 6.78. The quantitative estimate of drug-likeness (QED) is 0.263. The summed E-state index contributed by atoms with van der Waals surface area (Å²) in [5.41, 5.74) is 6.28. The molecule has 0 aliphatic carbocycles. The van der Waals surface area contributed by atoms with Gasteiger partial charge in [-0.15, -0.1) is 11.3 Å². The highest BCUT2D eigenvalue weighted by molar-refractivity contribution is 7.26. The molecule has 0 aliphatic rings. The molecule has 0 amide bonds. The summed E-state index contributed by atoms with van der Waals surface area (Å²) < 4.78 is 2.54. The van der Waals surface area contributed by atoms with Crippen molar-refractivity contribution in [2.75, 3.05) is 0 Å². The van der Waals surface area contributed by atoms with E-state index in [4.69, 9.17) is 11.6 Å². The molecule has 0 saturated carbocycles. The predicted molar refractivity (Wildman–Crippen MR) is 134 cm³/mol. The lowest BCUT2D eigenvalue weighted by molar-refractivity contribution is 0.591. The number of fused-ring (bicyclic) bond motifs is 3. The first-order valence-electron chi connectivity index (χ1n) is 10.2. The zero-order chi connectivity index (χ0) is 20.9. The Morgan fingerprint density at radius 3 is 1.90 bits per heavy atom. The van der Waals surface area contributed by atoms with Crippen molar-refractivity contribution in [3.05, 3.63) is 95.5 Å². The lowest BCUT2D eigenvalue weighted by Crippen LogP contribution is -2.10. The van der Waals surface area contributed by atoms with Gasteiger partial charge in [0.15, 0.2) is 0 Å². The average molecular weight is 427 g/mol. The molecule has 0 N–H and O–H groups in total. The van der Waals surface area contributed by atoms with Crippen molar-refractivity contribution in [3.63, 3.8) is 0 Å². The van der Waals surface area contributed by atoms with Crippen LogP contribution in [0.5, 0.6) is 0 Å². The molecule has 0 unspecified atom stereocenters. The van der Waals surface area contributed by atoms with E-state index in [9.17, 15) is 0 Å². The third-order valence-corrected chi connectivity index (χ3v) is 7.13. The summed E-state index contributed by atoms with van der Waals surface area (Å²) in [5.74, 6) is 0. The van der Waals surface area contributed by atoms with Crippen LogP contribution in [0.2, 0.25) is 5.02 Å². The van der Waals surface area contributed by atoms with Crippen molar-refractivity contribution >= 4 is 43.1 Å². The third-order valence-electron chi connectivity index (χ3n) is 5.71. The minimum atomic E-state index is 0.0830. The van der Waals surface area contributed by atoms with Gasteiger partial charge in [-0.1, -0.05) is 93.0 Å². The van der Waals surface area contributed by atoms with Gasteiger partial charge in [0.05, 0.1) is 5.02 Å². The van der Waals surface area contributed by atoms with Crippen molar-refractivity contribution in [1.82, 2.24) is 0 Å². The summed E-state index contributed by atoms with van der Waals surface area (Å²) in [5, 5.41) is 3.26. The molecule has 0 bridgehead atoms. The van der Waals surface area contributed by atoms with E-state index < -0.39 is 0 Å². The van der Waals surface area contributed by atoms with E-state index >= 15 is 0 Å². The van der Waals surface area contributed by atoms with E-state index in [-0.39, 0.29) is 5.41 Å². The van der Waals surface area contributed by atoms with Crippen LogP contribution >= 0.6 is 22.9 Å². The van der Waals surface area contributed by atoms with Crippen molar-refractivity contribution in [1.29, 1.82) is 0 Å². The Labute approximate surface area is 186 Å². The largest absolute Gasteiger partial charge is 0.135 e. The zero-order valence-corrected chi connectivity index (χ0v) is 18.9. The van der Waals surface area contributed by atoms with E-state index in [0.29, 0.717) is 0 Å². The summed E-state index contributed by atoms with van der Waals surface area (Å²) in [7, 11) is 0. The van der Waals surface area contributed by atoms with E-state index in [1.165, 1.54) is 48.0 Å². The molecule has 1 heterocycles. The van der Waals surface area contributed by atoms with Gasteiger partial charge in [0.2, 0.25) is 0 Å². The topological polar surface area (TPSA) is 0 Å². The molecule has 0 fully saturated rings. The average Bonchev–Trinajstić information content (AvgIpc) is 3.12. The summed E-state index contributed by atoms with van der Waals surface area (Å²) in [6, 6.07) is 30.5. The van der Waals surface area contributed by atoms with Crippen LogP contribution in [0.15, 0.2) is 84.9 Å². The van der Waals surface area contributed by atoms with Crippen LogP contribution in [-0.2, 0) is 5.41 Å². The van der Waals surface area contributed by atoms with Gasteiger partial charge in [-0.3, -0.25) is 0 Å². The molecule has 5 rings (SSSR count). The fraction of sp³-hybridized carbons (Fsp3) is 0.143. The van der Waals surface area contributed by atoms with Gasteiger partial charge in [0.1, 0.15) is 0 Å². The molecule has 0 atom stereocenters. The third kappa shape index (κ3) is 3.43. The lowest BCUT2D eigenvalue weighted by atomic mass is 9.86. The summed E-state index contributed by atoms with van der Waals surface area (Å²) >= 11 is 8.61. The van der Waals surface area contributed by atoms with Crippen molar-refractivity contribution in [2.45, 2.75) is 26.2 Å². The van der Waals surface area contributed by atoms with Crippen LogP contribution in [0.4, 0.5) is 0 Å². The molecule has 0 aliphatic heterocycles. The summed E-state index contributed by atoms with van der Waals surface area (Å²) in [6.45, 7) is 6.69. The molecule has 5 aromatic rings. The normalized spacial score (nSPS) is 12.0.